The first-order chi connectivity index (χ1) is 12.4. The van der Waals surface area contributed by atoms with Crippen LogP contribution in [0.5, 0.6) is 0 Å². The summed E-state index contributed by atoms with van der Waals surface area (Å²) in [5.74, 6) is -0.747. The molecule has 0 saturated heterocycles. The zero-order valence-corrected chi connectivity index (χ0v) is 14.9. The number of nitrogens with one attached hydrogen (secondary N) is 2. The van der Waals surface area contributed by atoms with Crippen molar-refractivity contribution in [1.29, 1.82) is 0 Å². The van der Waals surface area contributed by atoms with Gasteiger partial charge in [0.15, 0.2) is 0 Å². The van der Waals surface area contributed by atoms with Gasteiger partial charge in [0.25, 0.3) is 11.8 Å². The normalized spacial score (nSPS) is 10.4. The number of hydrogen-bond donors (Lipinski definition) is 2. The third kappa shape index (κ3) is 3.80. The molecule has 6 nitrogen and oxygen atoms in total. The van der Waals surface area contributed by atoms with Gasteiger partial charge in [-0.1, -0.05) is 17.7 Å². The first kappa shape index (κ1) is 17.4. The highest BCUT2D eigenvalue weighted by Gasteiger charge is 2.10. The largest absolute Gasteiger partial charge is 0.269 e. The van der Waals surface area contributed by atoms with Crippen molar-refractivity contribution in [2.45, 2.75) is 20.8 Å². The van der Waals surface area contributed by atoms with E-state index in [9.17, 15) is 9.59 Å². The van der Waals surface area contributed by atoms with Gasteiger partial charge in [-0.3, -0.25) is 20.4 Å². The molecule has 26 heavy (non-hydrogen) atoms. The molecular formula is C20H20N4O2. The van der Waals surface area contributed by atoms with Crippen LogP contribution in [0.15, 0.2) is 54.6 Å². The number of amides is 2. The Bertz CT molecular complexity index is 941. The number of rotatable bonds is 3. The Balaban J connectivity index is 1.64. The second-order valence-corrected chi connectivity index (χ2v) is 6.16. The molecule has 0 unspecified atom stereocenters. The summed E-state index contributed by atoms with van der Waals surface area (Å²) >= 11 is 0. The molecule has 0 aliphatic rings. The quantitative estimate of drug-likeness (QED) is 0.715. The van der Waals surface area contributed by atoms with Crippen LogP contribution in [0, 0.1) is 20.8 Å². The van der Waals surface area contributed by atoms with Gasteiger partial charge >= 0.3 is 0 Å². The van der Waals surface area contributed by atoms with Crippen molar-refractivity contribution in [3.05, 3.63) is 82.7 Å². The molecule has 2 amide bonds. The van der Waals surface area contributed by atoms with Crippen LogP contribution in [0.3, 0.4) is 0 Å². The van der Waals surface area contributed by atoms with Gasteiger partial charge in [-0.2, -0.15) is 5.10 Å². The summed E-state index contributed by atoms with van der Waals surface area (Å²) in [6.07, 6.45) is 0. The topological polar surface area (TPSA) is 76.0 Å². The molecule has 2 aromatic carbocycles. The monoisotopic (exact) mass is 348 g/mol. The highest BCUT2D eigenvalue weighted by Crippen LogP contribution is 2.13. The lowest BCUT2D eigenvalue weighted by atomic mass is 10.1. The van der Waals surface area contributed by atoms with Crippen molar-refractivity contribution >= 4 is 11.8 Å². The van der Waals surface area contributed by atoms with Crippen molar-refractivity contribution in [2.24, 2.45) is 0 Å². The Kier molecular flexibility index (Phi) is 4.84. The Morgan fingerprint density at radius 1 is 0.808 bits per heavy atom. The van der Waals surface area contributed by atoms with Crippen LogP contribution >= 0.6 is 0 Å². The Morgan fingerprint density at radius 3 is 1.77 bits per heavy atom. The van der Waals surface area contributed by atoms with Crippen molar-refractivity contribution in [3.8, 4) is 5.69 Å². The zero-order valence-electron chi connectivity index (χ0n) is 14.9. The van der Waals surface area contributed by atoms with Gasteiger partial charge < -0.3 is 0 Å². The smallest absolute Gasteiger partial charge is 0.267 e. The second-order valence-electron chi connectivity index (χ2n) is 6.16. The fraction of sp³-hybridized carbons (Fsp3) is 0.150. The van der Waals surface area contributed by atoms with Crippen LogP contribution in [-0.2, 0) is 0 Å². The van der Waals surface area contributed by atoms with Gasteiger partial charge in [0.2, 0.25) is 0 Å². The van der Waals surface area contributed by atoms with Crippen molar-refractivity contribution in [3.63, 3.8) is 0 Å². The maximum absolute atomic E-state index is 12.2. The van der Waals surface area contributed by atoms with Crippen molar-refractivity contribution in [2.75, 3.05) is 0 Å². The van der Waals surface area contributed by atoms with E-state index in [1.165, 1.54) is 0 Å². The minimum absolute atomic E-state index is 0.363. The number of hydrazine groups is 1. The summed E-state index contributed by atoms with van der Waals surface area (Å²) in [6.45, 7) is 5.85. The Morgan fingerprint density at radius 2 is 1.31 bits per heavy atom. The van der Waals surface area contributed by atoms with Crippen molar-refractivity contribution < 1.29 is 9.59 Å². The summed E-state index contributed by atoms with van der Waals surface area (Å²) in [5.41, 5.74) is 9.66. The van der Waals surface area contributed by atoms with Gasteiger partial charge in [0, 0.05) is 16.8 Å². The summed E-state index contributed by atoms with van der Waals surface area (Å²) < 4.78 is 1.82. The molecule has 1 aromatic heterocycles. The van der Waals surface area contributed by atoms with Crippen LogP contribution in [0.4, 0.5) is 0 Å². The van der Waals surface area contributed by atoms with E-state index in [-0.39, 0.29) is 11.8 Å². The minimum Gasteiger partial charge on any atom is -0.267 e. The predicted octanol–water partition coefficient (Wildman–Crippen LogP) is 2.87. The highest BCUT2D eigenvalue weighted by molar-refractivity contribution is 5.99. The van der Waals surface area contributed by atoms with E-state index >= 15 is 0 Å². The average Bonchev–Trinajstić information content (AvgIpc) is 2.98. The second kappa shape index (κ2) is 7.23. The SMILES string of the molecule is Cc1ccc(C(=O)NNC(=O)c2ccc(-n3nc(C)cc3C)cc2)cc1. The van der Waals surface area contributed by atoms with Gasteiger partial charge in [-0.05, 0) is 63.2 Å². The first-order valence-electron chi connectivity index (χ1n) is 8.25. The first-order valence-corrected chi connectivity index (χ1v) is 8.25. The molecular weight excluding hydrogens is 328 g/mol. The van der Waals surface area contributed by atoms with Gasteiger partial charge in [0.1, 0.15) is 0 Å². The average molecular weight is 348 g/mol. The van der Waals surface area contributed by atoms with E-state index < -0.39 is 0 Å². The Hall–Kier alpha value is -3.41. The fourth-order valence-corrected chi connectivity index (χ4v) is 2.61. The maximum atomic E-state index is 12.2. The molecule has 1 heterocycles. The third-order valence-corrected chi connectivity index (χ3v) is 3.99. The molecule has 3 rings (SSSR count). The van der Waals surface area contributed by atoms with E-state index in [1.54, 1.807) is 24.3 Å². The zero-order chi connectivity index (χ0) is 18.7. The summed E-state index contributed by atoms with van der Waals surface area (Å²) in [4.78, 5) is 24.2. The molecule has 132 valence electrons. The number of benzene rings is 2. The number of hydrogen-bond acceptors (Lipinski definition) is 3. The predicted molar refractivity (Wildman–Crippen MR) is 99.1 cm³/mol. The number of aryl methyl sites for hydroxylation is 3. The van der Waals surface area contributed by atoms with Gasteiger partial charge in [-0.25, -0.2) is 4.68 Å². The molecule has 0 atom stereocenters. The lowest BCUT2D eigenvalue weighted by Gasteiger charge is -2.09. The molecule has 0 radical (unpaired) electrons. The summed E-state index contributed by atoms with van der Waals surface area (Å²) in [6, 6.07) is 16.1. The van der Waals surface area contributed by atoms with E-state index in [0.717, 1.165) is 22.6 Å². The molecule has 2 N–H and O–H groups in total. The number of carbonyl (C=O) groups excluding carboxylic acids is 2. The van der Waals surface area contributed by atoms with Crippen molar-refractivity contribution in [1.82, 2.24) is 20.6 Å². The molecule has 0 aliphatic heterocycles. The molecule has 0 fully saturated rings. The molecule has 0 saturated carbocycles. The number of carbonyl (C=O) groups is 2. The van der Waals surface area contributed by atoms with Crippen LogP contribution < -0.4 is 10.9 Å². The van der Waals surface area contributed by atoms with Gasteiger partial charge in [0.05, 0.1) is 11.4 Å². The van der Waals surface area contributed by atoms with E-state index in [1.807, 2.05) is 55.8 Å². The summed E-state index contributed by atoms with van der Waals surface area (Å²) in [5, 5.41) is 4.41. The molecule has 3 aromatic rings. The molecule has 0 bridgehead atoms. The van der Waals surface area contributed by atoms with Crippen LogP contribution in [0.25, 0.3) is 5.69 Å². The lowest BCUT2D eigenvalue weighted by molar-refractivity contribution is 0.0846. The number of nitrogens with zero attached hydrogens (tertiary/aromatic N) is 2. The summed E-state index contributed by atoms with van der Waals surface area (Å²) in [7, 11) is 0. The van der Waals surface area contributed by atoms with E-state index in [4.69, 9.17) is 0 Å². The highest BCUT2D eigenvalue weighted by atomic mass is 16.2. The Labute approximate surface area is 151 Å². The maximum Gasteiger partial charge on any atom is 0.269 e. The minimum atomic E-state index is -0.384. The van der Waals surface area contributed by atoms with Crippen LogP contribution in [0.1, 0.15) is 37.7 Å². The standard InChI is InChI=1S/C20H20N4O2/c1-13-4-6-16(7-5-13)19(25)21-22-20(26)17-8-10-18(11-9-17)24-15(3)12-14(2)23-24/h4-12H,1-3H3,(H,21,25)(H,22,26). The fourth-order valence-electron chi connectivity index (χ4n) is 2.61. The van der Waals surface area contributed by atoms with Gasteiger partial charge in [-0.15, -0.1) is 0 Å². The van der Waals surface area contributed by atoms with E-state index in [2.05, 4.69) is 16.0 Å². The van der Waals surface area contributed by atoms with Crippen LogP contribution in [-0.4, -0.2) is 21.6 Å². The molecule has 0 aliphatic carbocycles. The molecule has 0 spiro atoms. The van der Waals surface area contributed by atoms with E-state index in [0.29, 0.717) is 11.1 Å². The third-order valence-electron chi connectivity index (χ3n) is 3.99. The lowest BCUT2D eigenvalue weighted by Crippen LogP contribution is -2.41. The van der Waals surface area contributed by atoms with Crippen LogP contribution in [0.2, 0.25) is 0 Å². The molecule has 6 heteroatoms. The number of aromatic nitrogens is 2.